The Morgan fingerprint density at radius 1 is 1.09 bits per heavy atom. The van der Waals surface area contributed by atoms with Gasteiger partial charge in [-0.3, -0.25) is 4.79 Å². The summed E-state index contributed by atoms with van der Waals surface area (Å²) < 4.78 is 12.7. The van der Waals surface area contributed by atoms with E-state index in [9.17, 15) is 14.3 Å². The van der Waals surface area contributed by atoms with Crippen LogP contribution in [0.1, 0.15) is 17.5 Å². The van der Waals surface area contributed by atoms with Crippen molar-refractivity contribution in [2.75, 3.05) is 6.54 Å². The highest BCUT2D eigenvalue weighted by atomic mass is 19.1. The van der Waals surface area contributed by atoms with E-state index in [1.807, 2.05) is 12.1 Å². The van der Waals surface area contributed by atoms with Crippen molar-refractivity contribution in [1.29, 1.82) is 0 Å². The predicted octanol–water partition coefficient (Wildman–Crippen LogP) is 3.29. The molecule has 0 spiro atoms. The first-order valence-corrected chi connectivity index (χ1v) is 7.10. The summed E-state index contributed by atoms with van der Waals surface area (Å²) in [5, 5.41) is 12.0. The lowest BCUT2D eigenvalue weighted by Gasteiger charge is -2.04. The SMILES string of the molecule is O=C(C/C=C/c1ccc(F)cc1)NCCc1ccc(O)cc1. The van der Waals surface area contributed by atoms with E-state index >= 15 is 0 Å². The molecule has 0 atom stereocenters. The second-order valence-corrected chi connectivity index (χ2v) is 4.92. The first-order valence-electron chi connectivity index (χ1n) is 7.10. The molecule has 22 heavy (non-hydrogen) atoms. The third-order valence-corrected chi connectivity index (χ3v) is 3.16. The maximum Gasteiger partial charge on any atom is 0.223 e. The number of nitrogens with one attached hydrogen (secondary N) is 1. The fraction of sp³-hybridized carbons (Fsp3) is 0.167. The number of halogens is 1. The fourth-order valence-corrected chi connectivity index (χ4v) is 1.96. The van der Waals surface area contributed by atoms with Crippen LogP contribution in [-0.4, -0.2) is 17.6 Å². The number of hydrogen-bond donors (Lipinski definition) is 2. The van der Waals surface area contributed by atoms with Gasteiger partial charge in [0.1, 0.15) is 11.6 Å². The number of aromatic hydroxyl groups is 1. The molecule has 1 amide bonds. The molecule has 0 radical (unpaired) electrons. The minimum absolute atomic E-state index is 0.0582. The summed E-state index contributed by atoms with van der Waals surface area (Å²) in [5.41, 5.74) is 1.92. The van der Waals surface area contributed by atoms with Gasteiger partial charge in [-0.1, -0.05) is 36.4 Å². The Hall–Kier alpha value is -2.62. The van der Waals surface area contributed by atoms with Crippen molar-refractivity contribution in [3.05, 3.63) is 71.6 Å². The second-order valence-electron chi connectivity index (χ2n) is 4.92. The first kappa shape index (κ1) is 15.8. The van der Waals surface area contributed by atoms with Crippen LogP contribution in [0.25, 0.3) is 6.08 Å². The van der Waals surface area contributed by atoms with E-state index in [0.29, 0.717) is 13.0 Å². The van der Waals surface area contributed by atoms with Crippen LogP contribution in [0, 0.1) is 5.82 Å². The Balaban J connectivity index is 1.69. The Bertz CT molecular complexity index is 633. The largest absolute Gasteiger partial charge is 0.508 e. The number of amides is 1. The highest BCUT2D eigenvalue weighted by molar-refractivity contribution is 5.78. The topological polar surface area (TPSA) is 49.3 Å². The normalized spacial score (nSPS) is 10.8. The molecule has 4 heteroatoms. The molecular formula is C18H18FNO2. The van der Waals surface area contributed by atoms with Crippen LogP contribution < -0.4 is 5.32 Å². The first-order chi connectivity index (χ1) is 10.6. The molecule has 2 N–H and O–H groups in total. The average molecular weight is 299 g/mol. The molecule has 0 bridgehead atoms. The van der Waals surface area contributed by atoms with Gasteiger partial charge in [-0.2, -0.15) is 0 Å². The summed E-state index contributed by atoms with van der Waals surface area (Å²) in [6.07, 6.45) is 4.54. The smallest absolute Gasteiger partial charge is 0.223 e. The zero-order valence-corrected chi connectivity index (χ0v) is 12.1. The van der Waals surface area contributed by atoms with Gasteiger partial charge in [0, 0.05) is 13.0 Å². The monoisotopic (exact) mass is 299 g/mol. The Kier molecular flexibility index (Phi) is 5.72. The summed E-state index contributed by atoms with van der Waals surface area (Å²) in [6.45, 7) is 0.550. The number of carbonyl (C=O) groups is 1. The number of hydrogen-bond acceptors (Lipinski definition) is 2. The van der Waals surface area contributed by atoms with Crippen molar-refractivity contribution in [3.63, 3.8) is 0 Å². The van der Waals surface area contributed by atoms with Crippen LogP contribution in [0.15, 0.2) is 54.6 Å². The van der Waals surface area contributed by atoms with E-state index in [1.54, 1.807) is 36.4 Å². The molecule has 0 saturated carbocycles. The Labute approximate surface area is 129 Å². The van der Waals surface area contributed by atoms with Gasteiger partial charge in [0.25, 0.3) is 0 Å². The molecule has 2 rings (SSSR count). The van der Waals surface area contributed by atoms with E-state index in [0.717, 1.165) is 11.1 Å². The lowest BCUT2D eigenvalue weighted by molar-refractivity contribution is -0.120. The van der Waals surface area contributed by atoms with E-state index in [2.05, 4.69) is 5.32 Å². The third kappa shape index (κ3) is 5.40. The van der Waals surface area contributed by atoms with E-state index < -0.39 is 0 Å². The highest BCUT2D eigenvalue weighted by Crippen LogP contribution is 2.09. The standard InChI is InChI=1S/C18H18FNO2/c19-16-8-4-14(5-9-16)2-1-3-18(22)20-13-12-15-6-10-17(21)11-7-15/h1-2,4-11,21H,3,12-13H2,(H,20,22)/b2-1+. The molecule has 0 aliphatic carbocycles. The predicted molar refractivity (Wildman–Crippen MR) is 84.9 cm³/mol. The van der Waals surface area contributed by atoms with Crippen molar-refractivity contribution in [3.8, 4) is 5.75 Å². The summed E-state index contributed by atoms with van der Waals surface area (Å²) in [4.78, 5) is 11.7. The quantitative estimate of drug-likeness (QED) is 0.860. The van der Waals surface area contributed by atoms with Crippen LogP contribution in [-0.2, 0) is 11.2 Å². The minimum Gasteiger partial charge on any atom is -0.508 e. The highest BCUT2D eigenvalue weighted by Gasteiger charge is 1.99. The van der Waals surface area contributed by atoms with Crippen molar-refractivity contribution in [2.45, 2.75) is 12.8 Å². The molecule has 0 saturated heterocycles. The molecule has 0 heterocycles. The van der Waals surface area contributed by atoms with E-state index in [4.69, 9.17) is 0 Å². The maximum absolute atomic E-state index is 12.7. The van der Waals surface area contributed by atoms with Crippen LogP contribution in [0.5, 0.6) is 5.75 Å². The third-order valence-electron chi connectivity index (χ3n) is 3.16. The summed E-state index contributed by atoms with van der Waals surface area (Å²) in [5.74, 6) is -0.0972. The zero-order chi connectivity index (χ0) is 15.8. The average Bonchev–Trinajstić information content (AvgIpc) is 2.51. The number of benzene rings is 2. The van der Waals surface area contributed by atoms with Crippen molar-refractivity contribution in [1.82, 2.24) is 5.32 Å². The molecule has 0 unspecified atom stereocenters. The van der Waals surface area contributed by atoms with Crippen LogP contribution in [0.4, 0.5) is 4.39 Å². The molecule has 2 aromatic carbocycles. The summed E-state index contributed by atoms with van der Waals surface area (Å²) in [6, 6.07) is 13.0. The van der Waals surface area contributed by atoms with Gasteiger partial charge in [0.05, 0.1) is 0 Å². The van der Waals surface area contributed by atoms with Gasteiger partial charge in [-0.25, -0.2) is 4.39 Å². The number of phenolic OH excluding ortho intramolecular Hbond substituents is 1. The molecule has 0 aromatic heterocycles. The van der Waals surface area contributed by atoms with E-state index in [-0.39, 0.29) is 23.9 Å². The van der Waals surface area contributed by atoms with Crippen LogP contribution >= 0.6 is 0 Å². The molecule has 2 aromatic rings. The van der Waals surface area contributed by atoms with Gasteiger partial charge in [-0.15, -0.1) is 0 Å². The maximum atomic E-state index is 12.7. The number of rotatable bonds is 6. The Morgan fingerprint density at radius 3 is 2.45 bits per heavy atom. The molecule has 0 fully saturated rings. The van der Waals surface area contributed by atoms with Crippen molar-refractivity contribution in [2.24, 2.45) is 0 Å². The van der Waals surface area contributed by atoms with Crippen LogP contribution in [0.2, 0.25) is 0 Å². The van der Waals surface area contributed by atoms with Crippen molar-refractivity contribution < 1.29 is 14.3 Å². The number of carbonyl (C=O) groups excluding carboxylic acids is 1. The summed E-state index contributed by atoms with van der Waals surface area (Å²) >= 11 is 0. The molecular weight excluding hydrogens is 281 g/mol. The summed E-state index contributed by atoms with van der Waals surface area (Å²) in [7, 11) is 0. The zero-order valence-electron chi connectivity index (χ0n) is 12.1. The molecule has 3 nitrogen and oxygen atoms in total. The van der Waals surface area contributed by atoms with Gasteiger partial charge < -0.3 is 10.4 Å². The number of phenols is 1. The van der Waals surface area contributed by atoms with Crippen molar-refractivity contribution >= 4 is 12.0 Å². The molecule has 0 aliphatic rings. The van der Waals surface area contributed by atoms with E-state index in [1.165, 1.54) is 12.1 Å². The fourth-order valence-electron chi connectivity index (χ4n) is 1.96. The van der Waals surface area contributed by atoms with Gasteiger partial charge in [-0.05, 0) is 41.8 Å². The lowest BCUT2D eigenvalue weighted by Crippen LogP contribution is -2.24. The van der Waals surface area contributed by atoms with Gasteiger partial charge >= 0.3 is 0 Å². The lowest BCUT2D eigenvalue weighted by atomic mass is 10.1. The molecule has 114 valence electrons. The second kappa shape index (κ2) is 7.98. The van der Waals surface area contributed by atoms with Gasteiger partial charge in [0.15, 0.2) is 0 Å². The van der Waals surface area contributed by atoms with Gasteiger partial charge in [0.2, 0.25) is 5.91 Å². The van der Waals surface area contributed by atoms with Crippen LogP contribution in [0.3, 0.4) is 0 Å². The Morgan fingerprint density at radius 2 is 1.77 bits per heavy atom. The molecule has 0 aliphatic heterocycles. The minimum atomic E-state index is -0.274.